The van der Waals surface area contributed by atoms with Crippen LogP contribution in [0.2, 0.25) is 0 Å². The second-order valence-corrected chi connectivity index (χ2v) is 2.39. The summed E-state index contributed by atoms with van der Waals surface area (Å²) >= 11 is 5.32. The Bertz CT molecular complexity index is 155. The minimum absolute atomic E-state index is 0.00463. The van der Waals surface area contributed by atoms with Gasteiger partial charge in [-0.1, -0.05) is 0 Å². The van der Waals surface area contributed by atoms with Crippen molar-refractivity contribution < 1.29 is 13.2 Å². The molecular weight excluding hydrogens is 169 g/mol. The van der Waals surface area contributed by atoms with Gasteiger partial charge in [0.25, 0.3) is 0 Å². The lowest BCUT2D eigenvalue weighted by Gasteiger charge is -2.16. The summed E-state index contributed by atoms with van der Waals surface area (Å²) in [6, 6.07) is 0. The van der Waals surface area contributed by atoms with Crippen LogP contribution in [0.4, 0.5) is 13.2 Å². The molecule has 1 unspecified atom stereocenters. The SMILES string of the molecule is FC(F)(F)N1CC(Cl)C=N1. The lowest BCUT2D eigenvalue weighted by molar-refractivity contribution is -0.242. The van der Waals surface area contributed by atoms with Crippen LogP contribution in [0, 0.1) is 0 Å². The Kier molecular flexibility index (Phi) is 1.76. The lowest BCUT2D eigenvalue weighted by atomic mass is 10.5. The van der Waals surface area contributed by atoms with Crippen LogP contribution in [-0.2, 0) is 0 Å². The summed E-state index contributed by atoms with van der Waals surface area (Å²) < 4.78 is 35.1. The third kappa shape index (κ3) is 1.53. The first kappa shape index (κ1) is 7.65. The number of rotatable bonds is 0. The molecule has 0 aliphatic carbocycles. The minimum atomic E-state index is -4.39. The summed E-state index contributed by atoms with van der Waals surface area (Å²) in [5.41, 5.74) is 0. The zero-order chi connectivity index (χ0) is 7.78. The van der Waals surface area contributed by atoms with Gasteiger partial charge in [0.2, 0.25) is 0 Å². The van der Waals surface area contributed by atoms with Crippen molar-refractivity contribution in [3.05, 3.63) is 0 Å². The predicted molar refractivity (Wildman–Crippen MR) is 30.9 cm³/mol. The first-order chi connectivity index (χ1) is 4.50. The fourth-order valence-corrected chi connectivity index (χ4v) is 0.762. The van der Waals surface area contributed by atoms with Gasteiger partial charge in [-0.05, 0) is 0 Å². The maximum atomic E-state index is 11.7. The van der Waals surface area contributed by atoms with Crippen LogP contribution in [-0.4, -0.2) is 29.4 Å². The number of hydrogen-bond acceptors (Lipinski definition) is 2. The van der Waals surface area contributed by atoms with Crippen LogP contribution in [0.3, 0.4) is 0 Å². The van der Waals surface area contributed by atoms with Crippen LogP contribution in [0.15, 0.2) is 5.10 Å². The molecule has 0 radical (unpaired) electrons. The van der Waals surface area contributed by atoms with Crippen LogP contribution < -0.4 is 0 Å². The third-order valence-electron chi connectivity index (χ3n) is 1.01. The highest BCUT2D eigenvalue weighted by atomic mass is 35.5. The average Bonchev–Trinajstić information content (AvgIpc) is 2.11. The second kappa shape index (κ2) is 2.30. The van der Waals surface area contributed by atoms with E-state index in [0.717, 1.165) is 6.21 Å². The molecule has 0 aromatic carbocycles. The van der Waals surface area contributed by atoms with Crippen molar-refractivity contribution in [3.8, 4) is 0 Å². The van der Waals surface area contributed by atoms with Crippen molar-refractivity contribution in [2.45, 2.75) is 11.7 Å². The number of hydrazone groups is 1. The standard InChI is InChI=1S/C4H4ClF3N2/c5-3-1-9-10(2-3)4(6,7)8/h1,3H,2H2. The largest absolute Gasteiger partial charge is 0.500 e. The van der Waals surface area contributed by atoms with Crippen molar-refractivity contribution >= 4 is 17.8 Å². The van der Waals surface area contributed by atoms with E-state index < -0.39 is 11.7 Å². The molecule has 1 rings (SSSR count). The topological polar surface area (TPSA) is 15.6 Å². The summed E-state index contributed by atoms with van der Waals surface area (Å²) in [7, 11) is 0. The molecule has 0 saturated carbocycles. The molecule has 1 aliphatic rings. The van der Waals surface area contributed by atoms with Crippen molar-refractivity contribution in [2.75, 3.05) is 6.54 Å². The molecule has 1 aliphatic heterocycles. The molecule has 6 heteroatoms. The Balaban J connectivity index is 2.55. The molecule has 10 heavy (non-hydrogen) atoms. The Labute approximate surface area is 60.3 Å². The number of nitrogens with zero attached hydrogens (tertiary/aromatic N) is 2. The van der Waals surface area contributed by atoms with Gasteiger partial charge >= 0.3 is 6.30 Å². The maximum Gasteiger partial charge on any atom is 0.500 e. The molecule has 0 N–H and O–H groups in total. The van der Waals surface area contributed by atoms with Crippen molar-refractivity contribution in [3.63, 3.8) is 0 Å². The fraction of sp³-hybridized carbons (Fsp3) is 0.750. The number of hydrogen-bond donors (Lipinski definition) is 0. The molecule has 2 nitrogen and oxygen atoms in total. The van der Waals surface area contributed by atoms with Gasteiger partial charge in [-0.2, -0.15) is 5.10 Å². The highest BCUT2D eigenvalue weighted by Gasteiger charge is 2.39. The van der Waals surface area contributed by atoms with Gasteiger partial charge in [-0.15, -0.1) is 24.8 Å². The van der Waals surface area contributed by atoms with E-state index in [-0.39, 0.29) is 11.6 Å². The zero-order valence-corrected chi connectivity index (χ0v) is 5.52. The highest BCUT2D eigenvalue weighted by molar-refractivity contribution is 6.28. The van der Waals surface area contributed by atoms with Gasteiger partial charge in [0.05, 0.1) is 11.9 Å². The van der Waals surface area contributed by atoms with Crippen LogP contribution in [0.5, 0.6) is 0 Å². The number of alkyl halides is 4. The summed E-state index contributed by atoms with van der Waals surface area (Å²) in [4.78, 5) is 0. The van der Waals surface area contributed by atoms with Crippen LogP contribution in [0.25, 0.3) is 0 Å². The van der Waals surface area contributed by atoms with Gasteiger partial charge < -0.3 is 0 Å². The molecule has 58 valence electrons. The molecule has 0 aromatic rings. The molecule has 0 aromatic heterocycles. The lowest BCUT2D eigenvalue weighted by Crippen LogP contribution is -2.33. The first-order valence-corrected chi connectivity index (χ1v) is 2.96. The summed E-state index contributed by atoms with van der Waals surface area (Å²) in [6.45, 7) is -0.287. The zero-order valence-electron chi connectivity index (χ0n) is 4.77. The van der Waals surface area contributed by atoms with Crippen LogP contribution >= 0.6 is 11.6 Å². The molecule has 0 saturated heterocycles. The van der Waals surface area contributed by atoms with E-state index in [2.05, 4.69) is 5.10 Å². The predicted octanol–water partition coefficient (Wildman–Crippen LogP) is 1.41. The first-order valence-electron chi connectivity index (χ1n) is 2.52. The van der Waals surface area contributed by atoms with Crippen molar-refractivity contribution in [2.24, 2.45) is 5.10 Å². The van der Waals surface area contributed by atoms with Crippen molar-refractivity contribution in [1.82, 2.24) is 5.01 Å². The molecule has 1 atom stereocenters. The average molecular weight is 173 g/mol. The smallest absolute Gasteiger partial charge is 0.203 e. The van der Waals surface area contributed by atoms with E-state index in [9.17, 15) is 13.2 Å². The number of halogens is 4. The van der Waals surface area contributed by atoms with E-state index in [1.807, 2.05) is 0 Å². The Hall–Kier alpha value is -0.450. The van der Waals surface area contributed by atoms with E-state index in [0.29, 0.717) is 0 Å². The third-order valence-corrected chi connectivity index (χ3v) is 1.26. The Morgan fingerprint density at radius 1 is 1.60 bits per heavy atom. The van der Waals surface area contributed by atoms with E-state index in [4.69, 9.17) is 11.6 Å². The molecule has 0 bridgehead atoms. The highest BCUT2D eigenvalue weighted by Crippen LogP contribution is 2.24. The van der Waals surface area contributed by atoms with Gasteiger partial charge in [-0.3, -0.25) is 0 Å². The maximum absolute atomic E-state index is 11.7. The monoisotopic (exact) mass is 172 g/mol. The Morgan fingerprint density at radius 3 is 2.40 bits per heavy atom. The molecule has 1 heterocycles. The summed E-state index contributed by atoms with van der Waals surface area (Å²) in [5.74, 6) is 0. The summed E-state index contributed by atoms with van der Waals surface area (Å²) in [6.07, 6.45) is -3.32. The second-order valence-electron chi connectivity index (χ2n) is 1.83. The quantitative estimate of drug-likeness (QED) is 0.399. The van der Waals surface area contributed by atoms with Crippen molar-refractivity contribution in [1.29, 1.82) is 0 Å². The molecular formula is C4H4ClF3N2. The van der Waals surface area contributed by atoms with Crippen LogP contribution in [0.1, 0.15) is 0 Å². The van der Waals surface area contributed by atoms with E-state index in [1.165, 1.54) is 0 Å². The normalized spacial score (nSPS) is 26.0. The molecule has 0 fully saturated rings. The van der Waals surface area contributed by atoms with Gasteiger partial charge in [0, 0.05) is 6.21 Å². The Morgan fingerprint density at radius 2 is 2.20 bits per heavy atom. The van der Waals surface area contributed by atoms with E-state index >= 15 is 0 Å². The van der Waals surface area contributed by atoms with Gasteiger partial charge in [0.1, 0.15) is 0 Å². The molecule has 0 amide bonds. The fourth-order valence-electron chi connectivity index (χ4n) is 0.581. The summed E-state index contributed by atoms with van der Waals surface area (Å²) in [5, 5.41) is 2.42. The van der Waals surface area contributed by atoms with Gasteiger partial charge in [-0.25, -0.2) is 5.01 Å². The van der Waals surface area contributed by atoms with Gasteiger partial charge in [0.15, 0.2) is 0 Å². The minimum Gasteiger partial charge on any atom is -0.203 e. The molecule has 0 spiro atoms. The van der Waals surface area contributed by atoms with E-state index in [1.54, 1.807) is 0 Å².